The lowest BCUT2D eigenvalue weighted by molar-refractivity contribution is -0.137. The van der Waals surface area contributed by atoms with Crippen molar-refractivity contribution in [3.05, 3.63) is 10.6 Å². The van der Waals surface area contributed by atoms with Gasteiger partial charge in [-0.1, -0.05) is 32.2 Å². The summed E-state index contributed by atoms with van der Waals surface area (Å²) in [5.41, 5.74) is 0.424. The molecular formula is C12H19N3O3S. The molecule has 0 saturated heterocycles. The van der Waals surface area contributed by atoms with E-state index in [0.29, 0.717) is 17.1 Å². The van der Waals surface area contributed by atoms with Gasteiger partial charge in [-0.3, -0.25) is 9.59 Å². The van der Waals surface area contributed by atoms with Crippen molar-refractivity contribution in [1.29, 1.82) is 0 Å². The molecule has 0 radical (unpaired) electrons. The second-order valence-corrected chi connectivity index (χ2v) is 6.37. The smallest absolute Gasteiger partial charge is 0.303 e. The molecule has 1 unspecified atom stereocenters. The van der Waals surface area contributed by atoms with Crippen molar-refractivity contribution in [2.24, 2.45) is 5.92 Å². The Labute approximate surface area is 116 Å². The molecule has 1 aromatic rings. The molecule has 0 aliphatic heterocycles. The van der Waals surface area contributed by atoms with E-state index < -0.39 is 5.97 Å². The number of aliphatic carboxylic acids is 1. The Morgan fingerprint density at radius 3 is 2.58 bits per heavy atom. The molecule has 1 rings (SSSR count). The summed E-state index contributed by atoms with van der Waals surface area (Å²) < 4.78 is 3.82. The van der Waals surface area contributed by atoms with E-state index in [9.17, 15) is 9.59 Å². The molecule has 1 amide bonds. The number of carbonyl (C=O) groups is 2. The molecule has 0 aliphatic rings. The third-order valence-corrected chi connectivity index (χ3v) is 3.26. The Morgan fingerprint density at radius 1 is 1.42 bits per heavy atom. The zero-order chi connectivity index (χ0) is 14.6. The highest BCUT2D eigenvalue weighted by Crippen LogP contribution is 2.25. The van der Waals surface area contributed by atoms with E-state index in [1.54, 1.807) is 6.92 Å². The first-order valence-electron chi connectivity index (χ1n) is 6.04. The second kappa shape index (κ2) is 6.10. The first kappa shape index (κ1) is 15.6. The molecule has 0 saturated carbocycles. The third-order valence-electron chi connectivity index (χ3n) is 2.54. The number of rotatable bonds is 5. The van der Waals surface area contributed by atoms with Gasteiger partial charge < -0.3 is 10.4 Å². The monoisotopic (exact) mass is 285 g/mol. The molecule has 2 N–H and O–H groups in total. The van der Waals surface area contributed by atoms with Gasteiger partial charge in [-0.15, -0.1) is 5.10 Å². The van der Waals surface area contributed by atoms with E-state index in [0.717, 1.165) is 11.5 Å². The summed E-state index contributed by atoms with van der Waals surface area (Å²) in [5, 5.41) is 15.4. The zero-order valence-corrected chi connectivity index (χ0v) is 12.4. The number of nitrogens with one attached hydrogen (secondary N) is 1. The second-order valence-electron chi connectivity index (χ2n) is 5.61. The Morgan fingerprint density at radius 2 is 2.05 bits per heavy atom. The molecule has 0 fully saturated rings. The fraction of sp³-hybridized carbons (Fsp3) is 0.667. The topological polar surface area (TPSA) is 92.2 Å². The molecule has 1 aromatic heterocycles. The van der Waals surface area contributed by atoms with Gasteiger partial charge in [0.2, 0.25) is 0 Å². The first-order chi connectivity index (χ1) is 8.71. The number of hydrogen-bond donors (Lipinski definition) is 2. The standard InChI is InChI=1S/C12H19N3O3S/c1-7(5-8(16)17)6-13-11(18)9-10(12(2,3)4)14-15-19-9/h7H,5-6H2,1-4H3,(H,13,18)(H,16,17). The van der Waals surface area contributed by atoms with Gasteiger partial charge in [0, 0.05) is 18.4 Å². The molecule has 1 heterocycles. The van der Waals surface area contributed by atoms with Gasteiger partial charge >= 0.3 is 5.97 Å². The third kappa shape index (κ3) is 4.59. The Balaban J connectivity index is 2.65. The van der Waals surface area contributed by atoms with Crippen LogP contribution in [0.5, 0.6) is 0 Å². The summed E-state index contributed by atoms with van der Waals surface area (Å²) in [6.45, 7) is 8.01. The number of amides is 1. The molecule has 19 heavy (non-hydrogen) atoms. The lowest BCUT2D eigenvalue weighted by atomic mass is 9.91. The van der Waals surface area contributed by atoms with Crippen LogP contribution < -0.4 is 5.32 Å². The van der Waals surface area contributed by atoms with Crippen molar-refractivity contribution in [2.75, 3.05) is 6.54 Å². The van der Waals surface area contributed by atoms with E-state index in [4.69, 9.17) is 5.11 Å². The number of hydrogen-bond acceptors (Lipinski definition) is 5. The quantitative estimate of drug-likeness (QED) is 0.858. The highest BCUT2D eigenvalue weighted by atomic mass is 32.1. The van der Waals surface area contributed by atoms with Gasteiger partial charge in [0.1, 0.15) is 4.88 Å². The van der Waals surface area contributed by atoms with E-state index in [1.165, 1.54) is 0 Å². The SMILES string of the molecule is CC(CNC(=O)c1snnc1C(C)(C)C)CC(=O)O. The minimum absolute atomic E-state index is 0.0351. The predicted octanol–water partition coefficient (Wildman–Crippen LogP) is 1.68. The van der Waals surface area contributed by atoms with Crippen molar-refractivity contribution >= 4 is 23.4 Å². The number of carboxylic acid groups (broad SMARTS) is 1. The molecule has 0 aromatic carbocycles. The number of nitrogens with zero attached hydrogens (tertiary/aromatic N) is 2. The Hall–Kier alpha value is -1.50. The van der Waals surface area contributed by atoms with Crippen LogP contribution in [0.2, 0.25) is 0 Å². The van der Waals surface area contributed by atoms with Crippen LogP contribution >= 0.6 is 11.5 Å². The predicted molar refractivity (Wildman–Crippen MR) is 72.4 cm³/mol. The summed E-state index contributed by atoms with van der Waals surface area (Å²) in [7, 11) is 0. The van der Waals surface area contributed by atoms with Gasteiger partial charge in [0.15, 0.2) is 0 Å². The molecule has 1 atom stereocenters. The van der Waals surface area contributed by atoms with Crippen molar-refractivity contribution < 1.29 is 14.7 Å². The van der Waals surface area contributed by atoms with Gasteiger partial charge in [0.05, 0.1) is 5.69 Å². The van der Waals surface area contributed by atoms with Crippen molar-refractivity contribution in [3.8, 4) is 0 Å². The first-order valence-corrected chi connectivity index (χ1v) is 6.82. The van der Waals surface area contributed by atoms with Crippen LogP contribution in [0.3, 0.4) is 0 Å². The highest BCUT2D eigenvalue weighted by molar-refractivity contribution is 7.08. The van der Waals surface area contributed by atoms with Crippen LogP contribution in [0.1, 0.15) is 49.5 Å². The van der Waals surface area contributed by atoms with E-state index in [2.05, 4.69) is 14.9 Å². The molecule has 106 valence electrons. The van der Waals surface area contributed by atoms with Crippen LogP contribution in [0, 0.1) is 5.92 Å². The van der Waals surface area contributed by atoms with Crippen molar-refractivity contribution in [1.82, 2.24) is 14.9 Å². The molecule has 0 spiro atoms. The summed E-state index contributed by atoms with van der Waals surface area (Å²) in [6.07, 6.45) is 0.0351. The van der Waals surface area contributed by atoms with E-state index in [1.807, 2.05) is 20.8 Å². The summed E-state index contributed by atoms with van der Waals surface area (Å²) in [6, 6.07) is 0. The van der Waals surface area contributed by atoms with Crippen LogP contribution in [-0.2, 0) is 10.2 Å². The van der Waals surface area contributed by atoms with Crippen LogP contribution in [0.25, 0.3) is 0 Å². The minimum atomic E-state index is -0.864. The van der Waals surface area contributed by atoms with Crippen LogP contribution in [0.4, 0.5) is 0 Å². The maximum Gasteiger partial charge on any atom is 0.303 e. The average molecular weight is 285 g/mol. The fourth-order valence-electron chi connectivity index (χ4n) is 1.55. The van der Waals surface area contributed by atoms with E-state index in [-0.39, 0.29) is 23.7 Å². The fourth-order valence-corrected chi connectivity index (χ4v) is 2.34. The summed E-state index contributed by atoms with van der Waals surface area (Å²) >= 11 is 1.06. The molecular weight excluding hydrogens is 266 g/mol. The normalized spacial score (nSPS) is 13.1. The minimum Gasteiger partial charge on any atom is -0.481 e. The zero-order valence-electron chi connectivity index (χ0n) is 11.6. The highest BCUT2D eigenvalue weighted by Gasteiger charge is 2.26. The maximum absolute atomic E-state index is 12.0. The molecule has 0 bridgehead atoms. The molecule has 0 aliphatic carbocycles. The number of carbonyl (C=O) groups excluding carboxylic acids is 1. The molecule has 6 nitrogen and oxygen atoms in total. The average Bonchev–Trinajstić information content (AvgIpc) is 2.73. The van der Waals surface area contributed by atoms with Gasteiger partial charge in [-0.05, 0) is 17.5 Å². The maximum atomic E-state index is 12.0. The van der Waals surface area contributed by atoms with Gasteiger partial charge in [0.25, 0.3) is 5.91 Å². The number of carboxylic acids is 1. The lowest BCUT2D eigenvalue weighted by Crippen LogP contribution is -2.30. The van der Waals surface area contributed by atoms with Gasteiger partial charge in [-0.25, -0.2) is 0 Å². The Kier molecular flexibility index (Phi) is 4.99. The molecule has 7 heteroatoms. The summed E-state index contributed by atoms with van der Waals surface area (Å²) in [4.78, 5) is 23.1. The van der Waals surface area contributed by atoms with Gasteiger partial charge in [-0.2, -0.15) is 0 Å². The lowest BCUT2D eigenvalue weighted by Gasteiger charge is -2.16. The van der Waals surface area contributed by atoms with Crippen LogP contribution in [-0.4, -0.2) is 33.1 Å². The van der Waals surface area contributed by atoms with Crippen molar-refractivity contribution in [2.45, 2.75) is 39.5 Å². The number of aromatic nitrogens is 2. The van der Waals surface area contributed by atoms with Crippen molar-refractivity contribution in [3.63, 3.8) is 0 Å². The Bertz CT molecular complexity index is 465. The summed E-state index contributed by atoms with van der Waals surface area (Å²) in [5.74, 6) is -1.21. The van der Waals surface area contributed by atoms with E-state index >= 15 is 0 Å². The van der Waals surface area contributed by atoms with Crippen LogP contribution in [0.15, 0.2) is 0 Å². The largest absolute Gasteiger partial charge is 0.481 e.